The zero-order chi connectivity index (χ0) is 10.3. The van der Waals surface area contributed by atoms with Gasteiger partial charge in [-0.25, -0.2) is 9.97 Å². The van der Waals surface area contributed by atoms with Crippen LogP contribution in [0.2, 0.25) is 0 Å². The lowest BCUT2D eigenvalue weighted by atomic mass is 10.5. The van der Waals surface area contributed by atoms with Crippen LogP contribution in [0, 0.1) is 0 Å². The van der Waals surface area contributed by atoms with Crippen LogP contribution in [0.25, 0.3) is 10.2 Å². The quantitative estimate of drug-likeness (QED) is 0.731. The summed E-state index contributed by atoms with van der Waals surface area (Å²) >= 11 is 1.66. The number of morpholine rings is 1. The number of thiophene rings is 1. The van der Waals surface area contributed by atoms with Gasteiger partial charge < -0.3 is 10.1 Å². The highest BCUT2D eigenvalue weighted by Crippen LogP contribution is 2.15. The standard InChI is InChI=1S/C6H4N2S.C4H9NO/c1-2-9-6-3-7-4-8-5(1)6;1-3-6-4-2-5-1/h1-4H;5H,1-4H2. The van der Waals surface area contributed by atoms with E-state index in [9.17, 15) is 0 Å². The van der Waals surface area contributed by atoms with Gasteiger partial charge >= 0.3 is 0 Å². The topological polar surface area (TPSA) is 47.0 Å². The molecule has 80 valence electrons. The van der Waals surface area contributed by atoms with Gasteiger partial charge in [0.2, 0.25) is 0 Å². The van der Waals surface area contributed by atoms with E-state index in [2.05, 4.69) is 15.3 Å². The Morgan fingerprint density at radius 2 is 2.20 bits per heavy atom. The number of hydrogen-bond acceptors (Lipinski definition) is 5. The Hall–Kier alpha value is -1.04. The molecule has 0 radical (unpaired) electrons. The molecule has 0 amide bonds. The Morgan fingerprint density at radius 3 is 2.80 bits per heavy atom. The van der Waals surface area contributed by atoms with Crippen molar-refractivity contribution in [1.29, 1.82) is 0 Å². The molecule has 0 spiro atoms. The fourth-order valence-electron chi connectivity index (χ4n) is 1.23. The van der Waals surface area contributed by atoms with Gasteiger partial charge in [-0.1, -0.05) is 0 Å². The molecular formula is C10H13N3OS. The highest BCUT2D eigenvalue weighted by molar-refractivity contribution is 7.17. The monoisotopic (exact) mass is 223 g/mol. The average Bonchev–Trinajstić information content (AvgIpc) is 2.80. The molecule has 1 N–H and O–H groups in total. The molecule has 1 aliphatic heterocycles. The van der Waals surface area contributed by atoms with Crippen molar-refractivity contribution in [1.82, 2.24) is 15.3 Å². The number of aromatic nitrogens is 2. The highest BCUT2D eigenvalue weighted by Gasteiger charge is 1.93. The Bertz CT molecular complexity index is 358. The minimum Gasteiger partial charge on any atom is -0.379 e. The van der Waals surface area contributed by atoms with Gasteiger partial charge in [0.15, 0.2) is 0 Å². The summed E-state index contributed by atoms with van der Waals surface area (Å²) in [4.78, 5) is 7.92. The van der Waals surface area contributed by atoms with Crippen molar-refractivity contribution >= 4 is 21.6 Å². The van der Waals surface area contributed by atoms with Crippen LogP contribution in [0.1, 0.15) is 0 Å². The zero-order valence-electron chi connectivity index (χ0n) is 8.35. The lowest BCUT2D eigenvalue weighted by molar-refractivity contribution is 0.109. The molecule has 0 aromatic carbocycles. The third kappa shape index (κ3) is 3.23. The number of hydrogen-bond donors (Lipinski definition) is 1. The molecule has 0 atom stereocenters. The van der Waals surface area contributed by atoms with Gasteiger partial charge in [0.25, 0.3) is 0 Å². The molecular weight excluding hydrogens is 210 g/mol. The molecule has 0 aliphatic carbocycles. The number of ether oxygens (including phenoxy) is 1. The van der Waals surface area contributed by atoms with Gasteiger partial charge in [0, 0.05) is 19.3 Å². The van der Waals surface area contributed by atoms with Crippen molar-refractivity contribution in [2.75, 3.05) is 26.3 Å². The van der Waals surface area contributed by atoms with E-state index in [-0.39, 0.29) is 0 Å². The first kappa shape index (κ1) is 10.5. The zero-order valence-corrected chi connectivity index (χ0v) is 9.17. The largest absolute Gasteiger partial charge is 0.379 e. The number of nitrogens with zero attached hydrogens (tertiary/aromatic N) is 2. The van der Waals surface area contributed by atoms with E-state index in [4.69, 9.17) is 4.74 Å². The van der Waals surface area contributed by atoms with Crippen LogP contribution in [0.15, 0.2) is 24.0 Å². The van der Waals surface area contributed by atoms with Crippen LogP contribution in [0.3, 0.4) is 0 Å². The summed E-state index contributed by atoms with van der Waals surface area (Å²) in [6.07, 6.45) is 3.39. The summed E-state index contributed by atoms with van der Waals surface area (Å²) in [6, 6.07) is 1.99. The first-order valence-electron chi connectivity index (χ1n) is 4.88. The van der Waals surface area contributed by atoms with Crippen LogP contribution in [-0.4, -0.2) is 36.3 Å². The van der Waals surface area contributed by atoms with Crippen LogP contribution in [0.5, 0.6) is 0 Å². The van der Waals surface area contributed by atoms with E-state index in [1.54, 1.807) is 17.7 Å². The molecule has 3 heterocycles. The highest BCUT2D eigenvalue weighted by atomic mass is 32.1. The fourth-order valence-corrected chi connectivity index (χ4v) is 1.94. The van der Waals surface area contributed by atoms with E-state index >= 15 is 0 Å². The molecule has 3 rings (SSSR count). The van der Waals surface area contributed by atoms with Crippen molar-refractivity contribution in [2.24, 2.45) is 0 Å². The summed E-state index contributed by atoms with van der Waals surface area (Å²) < 4.78 is 6.16. The van der Waals surface area contributed by atoms with Crippen LogP contribution >= 0.6 is 11.3 Å². The van der Waals surface area contributed by atoms with Gasteiger partial charge in [-0.05, 0) is 11.4 Å². The maximum atomic E-state index is 5.01. The van der Waals surface area contributed by atoms with E-state index < -0.39 is 0 Å². The molecule has 0 unspecified atom stereocenters. The molecule has 2 aromatic heterocycles. The maximum Gasteiger partial charge on any atom is 0.116 e. The molecule has 2 aromatic rings. The van der Waals surface area contributed by atoms with E-state index in [1.807, 2.05) is 17.6 Å². The molecule has 1 saturated heterocycles. The summed E-state index contributed by atoms with van der Waals surface area (Å²) in [5, 5.41) is 5.17. The van der Waals surface area contributed by atoms with Gasteiger partial charge in [0.1, 0.15) is 6.33 Å². The van der Waals surface area contributed by atoms with E-state index in [0.717, 1.165) is 36.5 Å². The second-order valence-electron chi connectivity index (χ2n) is 3.06. The maximum absolute atomic E-state index is 5.01. The minimum absolute atomic E-state index is 0.889. The van der Waals surface area contributed by atoms with Crippen LogP contribution in [0.4, 0.5) is 0 Å². The van der Waals surface area contributed by atoms with Gasteiger partial charge in [0.05, 0.1) is 23.4 Å². The Morgan fingerprint density at radius 1 is 1.33 bits per heavy atom. The smallest absolute Gasteiger partial charge is 0.116 e. The molecule has 0 bridgehead atoms. The van der Waals surface area contributed by atoms with Gasteiger partial charge in [-0.15, -0.1) is 11.3 Å². The van der Waals surface area contributed by atoms with Crippen molar-refractivity contribution in [3.63, 3.8) is 0 Å². The summed E-state index contributed by atoms with van der Waals surface area (Å²) in [7, 11) is 0. The van der Waals surface area contributed by atoms with Gasteiger partial charge in [-0.2, -0.15) is 0 Å². The van der Waals surface area contributed by atoms with Crippen molar-refractivity contribution in [3.05, 3.63) is 24.0 Å². The van der Waals surface area contributed by atoms with E-state index in [1.165, 1.54) is 0 Å². The lowest BCUT2D eigenvalue weighted by Gasteiger charge is -2.10. The van der Waals surface area contributed by atoms with Crippen LogP contribution < -0.4 is 5.32 Å². The predicted octanol–water partition coefficient (Wildman–Crippen LogP) is 1.30. The number of rotatable bonds is 0. The average molecular weight is 223 g/mol. The third-order valence-electron chi connectivity index (χ3n) is 1.98. The second kappa shape index (κ2) is 5.75. The van der Waals surface area contributed by atoms with Crippen molar-refractivity contribution < 1.29 is 4.74 Å². The number of nitrogens with one attached hydrogen (secondary N) is 1. The first-order valence-corrected chi connectivity index (χ1v) is 5.76. The first-order chi connectivity index (χ1) is 7.47. The molecule has 1 fully saturated rings. The fraction of sp³-hybridized carbons (Fsp3) is 0.400. The van der Waals surface area contributed by atoms with Gasteiger partial charge in [-0.3, -0.25) is 0 Å². The van der Waals surface area contributed by atoms with Crippen molar-refractivity contribution in [2.45, 2.75) is 0 Å². The molecule has 15 heavy (non-hydrogen) atoms. The second-order valence-corrected chi connectivity index (χ2v) is 4.00. The minimum atomic E-state index is 0.889. The molecule has 1 aliphatic rings. The molecule has 5 heteroatoms. The summed E-state index contributed by atoms with van der Waals surface area (Å²) in [5.74, 6) is 0. The normalized spacial score (nSPS) is 15.7. The third-order valence-corrected chi connectivity index (χ3v) is 2.82. The molecule has 4 nitrogen and oxygen atoms in total. The van der Waals surface area contributed by atoms with E-state index in [0.29, 0.717) is 0 Å². The lowest BCUT2D eigenvalue weighted by Crippen LogP contribution is -2.30. The van der Waals surface area contributed by atoms with Crippen molar-refractivity contribution in [3.8, 4) is 0 Å². The SMILES string of the molecule is C1COCCN1.c1ncc2sccc2n1. The van der Waals surface area contributed by atoms with Crippen LogP contribution in [-0.2, 0) is 4.74 Å². The Balaban J connectivity index is 0.000000124. The summed E-state index contributed by atoms with van der Waals surface area (Å²) in [5.41, 5.74) is 1.04. The number of fused-ring (bicyclic) bond motifs is 1. The Labute approximate surface area is 92.3 Å². The molecule has 0 saturated carbocycles. The predicted molar refractivity (Wildman–Crippen MR) is 61.1 cm³/mol. The summed E-state index contributed by atoms with van der Waals surface area (Å²) in [6.45, 7) is 3.83. The Kier molecular flexibility index (Phi) is 4.01.